The third kappa shape index (κ3) is 2.46. The van der Waals surface area contributed by atoms with Gasteiger partial charge in [-0.2, -0.15) is 5.10 Å². The smallest absolute Gasteiger partial charge is 0.271 e. The van der Waals surface area contributed by atoms with E-state index in [1.54, 1.807) is 7.05 Å². The van der Waals surface area contributed by atoms with Gasteiger partial charge in [0.1, 0.15) is 0 Å². The summed E-state index contributed by atoms with van der Waals surface area (Å²) in [5, 5.41) is 10.9. The molecular formula is C15H24N4O. The van der Waals surface area contributed by atoms with Crippen LogP contribution in [0.4, 0.5) is 0 Å². The van der Waals surface area contributed by atoms with E-state index >= 15 is 0 Å². The zero-order valence-corrected chi connectivity index (χ0v) is 12.4. The molecule has 0 aromatic carbocycles. The van der Waals surface area contributed by atoms with Gasteiger partial charge in [0.15, 0.2) is 5.69 Å². The van der Waals surface area contributed by atoms with Crippen LogP contribution >= 0.6 is 0 Å². The van der Waals surface area contributed by atoms with Gasteiger partial charge in [0.2, 0.25) is 0 Å². The summed E-state index contributed by atoms with van der Waals surface area (Å²) in [4.78, 5) is 11.9. The second kappa shape index (κ2) is 5.56. The van der Waals surface area contributed by atoms with Crippen molar-refractivity contribution in [3.63, 3.8) is 0 Å². The minimum Gasteiger partial charge on any atom is -0.354 e. The SMILES string of the molecule is CNC(=O)c1nn(C)c2c1CC(NC1CCCC1)CC2. The number of amides is 1. The molecular weight excluding hydrogens is 252 g/mol. The fourth-order valence-electron chi connectivity index (χ4n) is 3.66. The highest BCUT2D eigenvalue weighted by molar-refractivity contribution is 5.93. The Balaban J connectivity index is 1.76. The van der Waals surface area contributed by atoms with Gasteiger partial charge < -0.3 is 10.6 Å². The molecule has 2 N–H and O–H groups in total. The monoisotopic (exact) mass is 276 g/mol. The predicted octanol–water partition coefficient (Wildman–Crippen LogP) is 1.17. The molecule has 110 valence electrons. The van der Waals surface area contributed by atoms with Crippen molar-refractivity contribution in [1.82, 2.24) is 20.4 Å². The molecule has 1 heterocycles. The summed E-state index contributed by atoms with van der Waals surface area (Å²) in [7, 11) is 3.61. The third-order valence-electron chi connectivity index (χ3n) is 4.72. The number of hydrogen-bond donors (Lipinski definition) is 2. The highest BCUT2D eigenvalue weighted by Gasteiger charge is 2.29. The van der Waals surface area contributed by atoms with Crippen LogP contribution in [0.2, 0.25) is 0 Å². The molecule has 1 aromatic rings. The molecule has 1 fully saturated rings. The van der Waals surface area contributed by atoms with Crippen LogP contribution in [-0.2, 0) is 19.9 Å². The molecule has 1 aromatic heterocycles. The third-order valence-corrected chi connectivity index (χ3v) is 4.72. The summed E-state index contributed by atoms with van der Waals surface area (Å²) in [5.74, 6) is -0.0663. The Labute approximate surface area is 120 Å². The van der Waals surface area contributed by atoms with E-state index in [1.165, 1.54) is 31.4 Å². The summed E-state index contributed by atoms with van der Waals surface area (Å²) in [6.45, 7) is 0. The summed E-state index contributed by atoms with van der Waals surface area (Å²) < 4.78 is 1.88. The quantitative estimate of drug-likeness (QED) is 0.871. The molecule has 5 heteroatoms. The van der Waals surface area contributed by atoms with Crippen molar-refractivity contribution >= 4 is 5.91 Å². The number of hydrogen-bond acceptors (Lipinski definition) is 3. The largest absolute Gasteiger partial charge is 0.354 e. The van der Waals surface area contributed by atoms with Crippen molar-refractivity contribution in [2.45, 2.75) is 57.0 Å². The van der Waals surface area contributed by atoms with Gasteiger partial charge in [-0.1, -0.05) is 12.8 Å². The number of carbonyl (C=O) groups is 1. The van der Waals surface area contributed by atoms with Gasteiger partial charge in [0.25, 0.3) is 5.91 Å². The van der Waals surface area contributed by atoms with E-state index < -0.39 is 0 Å². The van der Waals surface area contributed by atoms with Crippen LogP contribution in [0.5, 0.6) is 0 Å². The molecule has 2 aliphatic rings. The van der Waals surface area contributed by atoms with Crippen molar-refractivity contribution in [1.29, 1.82) is 0 Å². The van der Waals surface area contributed by atoms with Crippen LogP contribution in [-0.4, -0.2) is 34.8 Å². The van der Waals surface area contributed by atoms with Gasteiger partial charge in [0.05, 0.1) is 0 Å². The fraction of sp³-hybridized carbons (Fsp3) is 0.733. The molecule has 0 bridgehead atoms. The van der Waals surface area contributed by atoms with E-state index in [0.717, 1.165) is 24.8 Å². The lowest BCUT2D eigenvalue weighted by Crippen LogP contribution is -2.40. The number of nitrogens with one attached hydrogen (secondary N) is 2. The summed E-state index contributed by atoms with van der Waals surface area (Å²) in [5.41, 5.74) is 2.99. The minimum absolute atomic E-state index is 0.0663. The summed E-state index contributed by atoms with van der Waals surface area (Å²) in [6.07, 6.45) is 8.41. The first-order valence-electron chi connectivity index (χ1n) is 7.72. The number of nitrogens with zero attached hydrogens (tertiary/aromatic N) is 2. The van der Waals surface area contributed by atoms with Gasteiger partial charge in [-0.05, 0) is 32.1 Å². The zero-order valence-electron chi connectivity index (χ0n) is 12.4. The Morgan fingerprint density at radius 1 is 1.25 bits per heavy atom. The predicted molar refractivity (Wildman–Crippen MR) is 77.8 cm³/mol. The van der Waals surface area contributed by atoms with E-state index in [-0.39, 0.29) is 5.91 Å². The van der Waals surface area contributed by atoms with Gasteiger partial charge in [-0.3, -0.25) is 9.48 Å². The molecule has 1 atom stereocenters. The molecule has 5 nitrogen and oxygen atoms in total. The lowest BCUT2D eigenvalue weighted by molar-refractivity contribution is 0.0956. The maximum atomic E-state index is 11.9. The second-order valence-electron chi connectivity index (χ2n) is 6.06. The van der Waals surface area contributed by atoms with E-state index in [9.17, 15) is 4.79 Å². The molecule has 1 saturated carbocycles. The van der Waals surface area contributed by atoms with Crippen LogP contribution in [0.15, 0.2) is 0 Å². The highest BCUT2D eigenvalue weighted by atomic mass is 16.1. The Morgan fingerprint density at radius 2 is 2.00 bits per heavy atom. The molecule has 3 rings (SSSR count). The van der Waals surface area contributed by atoms with Gasteiger partial charge >= 0.3 is 0 Å². The normalized spacial score (nSPS) is 22.8. The average Bonchev–Trinajstić information content (AvgIpc) is 3.06. The molecule has 1 amide bonds. The standard InChI is InChI=1S/C15H24N4O/c1-16-15(20)14-12-9-11(17-10-5-3-4-6-10)7-8-13(12)19(2)18-14/h10-11,17H,3-9H2,1-2H3,(H,16,20). The topological polar surface area (TPSA) is 59.0 Å². The van der Waals surface area contributed by atoms with Crippen molar-refractivity contribution in [2.75, 3.05) is 7.05 Å². The first kappa shape index (κ1) is 13.6. The number of aromatic nitrogens is 2. The highest BCUT2D eigenvalue weighted by Crippen LogP contribution is 2.26. The molecule has 2 aliphatic carbocycles. The average molecular weight is 276 g/mol. The Morgan fingerprint density at radius 3 is 2.70 bits per heavy atom. The van der Waals surface area contributed by atoms with Crippen molar-refractivity contribution in [3.05, 3.63) is 17.0 Å². The van der Waals surface area contributed by atoms with E-state index in [2.05, 4.69) is 15.7 Å². The Kier molecular flexibility index (Phi) is 3.78. The summed E-state index contributed by atoms with van der Waals surface area (Å²) in [6, 6.07) is 1.18. The van der Waals surface area contributed by atoms with Crippen molar-refractivity contribution in [3.8, 4) is 0 Å². The lowest BCUT2D eigenvalue weighted by Gasteiger charge is -2.27. The summed E-state index contributed by atoms with van der Waals surface area (Å²) >= 11 is 0. The zero-order chi connectivity index (χ0) is 14.1. The number of aryl methyl sites for hydroxylation is 1. The van der Waals surface area contributed by atoms with Gasteiger partial charge in [-0.15, -0.1) is 0 Å². The van der Waals surface area contributed by atoms with Crippen molar-refractivity contribution in [2.24, 2.45) is 7.05 Å². The van der Waals surface area contributed by atoms with Gasteiger partial charge in [0, 0.05) is 37.4 Å². The Bertz CT molecular complexity index is 502. The second-order valence-corrected chi connectivity index (χ2v) is 6.06. The van der Waals surface area contributed by atoms with Crippen LogP contribution in [0.1, 0.15) is 53.8 Å². The fourth-order valence-corrected chi connectivity index (χ4v) is 3.66. The number of carbonyl (C=O) groups excluding carboxylic acids is 1. The molecule has 0 spiro atoms. The first-order valence-corrected chi connectivity index (χ1v) is 7.72. The van der Waals surface area contributed by atoms with Crippen LogP contribution in [0, 0.1) is 0 Å². The first-order chi connectivity index (χ1) is 9.69. The maximum absolute atomic E-state index is 11.9. The van der Waals surface area contributed by atoms with Crippen LogP contribution in [0.25, 0.3) is 0 Å². The van der Waals surface area contributed by atoms with E-state index in [0.29, 0.717) is 17.8 Å². The molecule has 20 heavy (non-hydrogen) atoms. The van der Waals surface area contributed by atoms with Crippen LogP contribution < -0.4 is 10.6 Å². The molecule has 1 unspecified atom stereocenters. The minimum atomic E-state index is -0.0663. The lowest BCUT2D eigenvalue weighted by atomic mass is 9.90. The van der Waals surface area contributed by atoms with E-state index in [4.69, 9.17) is 0 Å². The Hall–Kier alpha value is -1.36. The molecule has 0 radical (unpaired) electrons. The molecule has 0 saturated heterocycles. The number of fused-ring (bicyclic) bond motifs is 1. The van der Waals surface area contributed by atoms with E-state index in [1.807, 2.05) is 11.7 Å². The van der Waals surface area contributed by atoms with Crippen molar-refractivity contribution < 1.29 is 4.79 Å². The molecule has 0 aliphatic heterocycles. The van der Waals surface area contributed by atoms with Gasteiger partial charge in [-0.25, -0.2) is 0 Å². The number of rotatable bonds is 3. The van der Waals surface area contributed by atoms with Crippen LogP contribution in [0.3, 0.4) is 0 Å². The maximum Gasteiger partial charge on any atom is 0.271 e.